The highest BCUT2D eigenvalue weighted by molar-refractivity contribution is 5.74. The van der Waals surface area contributed by atoms with Gasteiger partial charge in [-0.3, -0.25) is 4.79 Å². The van der Waals surface area contributed by atoms with E-state index in [-0.39, 0.29) is 31.4 Å². The van der Waals surface area contributed by atoms with Crippen molar-refractivity contribution in [1.29, 1.82) is 0 Å². The van der Waals surface area contributed by atoms with Crippen LogP contribution in [-0.2, 0) is 16.0 Å². The maximum atomic E-state index is 12.5. The zero-order valence-corrected chi connectivity index (χ0v) is 16.1. The van der Waals surface area contributed by atoms with Gasteiger partial charge in [0.15, 0.2) is 11.5 Å². The number of rotatable bonds is 7. The molecular formula is C19H28N2O5. The van der Waals surface area contributed by atoms with E-state index >= 15 is 0 Å². The molecule has 0 aromatic heterocycles. The molecule has 0 saturated heterocycles. The minimum atomic E-state index is -0.610. The Hall–Kier alpha value is -2.44. The molecule has 26 heavy (non-hydrogen) atoms. The normalized spacial score (nSPS) is 13.9. The first kappa shape index (κ1) is 19.9. The van der Waals surface area contributed by atoms with Crippen molar-refractivity contribution in [3.05, 3.63) is 23.8 Å². The van der Waals surface area contributed by atoms with Gasteiger partial charge in [-0.15, -0.1) is 0 Å². The van der Waals surface area contributed by atoms with Crippen LogP contribution in [0.4, 0.5) is 4.79 Å². The van der Waals surface area contributed by atoms with E-state index in [4.69, 9.17) is 14.2 Å². The van der Waals surface area contributed by atoms with Gasteiger partial charge in [-0.1, -0.05) is 6.07 Å². The number of likely N-dealkylation sites (N-methyl/N-ethyl adjacent to an activating group) is 1. The predicted molar refractivity (Wildman–Crippen MR) is 97.4 cm³/mol. The molecule has 1 aliphatic heterocycles. The molecule has 1 aromatic carbocycles. The topological polar surface area (TPSA) is 77.1 Å². The second kappa shape index (κ2) is 8.29. The number of nitrogens with zero attached hydrogens (tertiary/aromatic N) is 1. The highest BCUT2D eigenvalue weighted by atomic mass is 16.7. The Kier molecular flexibility index (Phi) is 6.34. The standard InChI is InChI=1S/C19H28N2O5/c1-6-21(18(23)24-11-19(4,5)20-14(3)22)13(2)9-15-7-8-16-17(10-15)26-12-25-16/h7-8,10,13H,6,9,11-12H2,1-5H3,(H,20,22). The van der Waals surface area contributed by atoms with Gasteiger partial charge in [0.2, 0.25) is 12.7 Å². The molecule has 7 nitrogen and oxygen atoms in total. The molecule has 1 N–H and O–H groups in total. The first-order chi connectivity index (χ1) is 12.2. The summed E-state index contributed by atoms with van der Waals surface area (Å²) in [4.78, 5) is 25.4. The summed E-state index contributed by atoms with van der Waals surface area (Å²) >= 11 is 0. The van der Waals surface area contributed by atoms with Crippen LogP contribution in [0.3, 0.4) is 0 Å². The minimum Gasteiger partial charge on any atom is -0.454 e. The van der Waals surface area contributed by atoms with Crippen LogP contribution in [0, 0.1) is 0 Å². The number of amides is 2. The molecule has 7 heteroatoms. The van der Waals surface area contributed by atoms with Crippen molar-refractivity contribution >= 4 is 12.0 Å². The average molecular weight is 364 g/mol. The number of hydrogen-bond acceptors (Lipinski definition) is 5. The molecule has 0 bridgehead atoms. The molecule has 1 atom stereocenters. The fourth-order valence-corrected chi connectivity index (χ4v) is 2.98. The summed E-state index contributed by atoms with van der Waals surface area (Å²) in [5.74, 6) is 1.32. The molecule has 1 aromatic rings. The lowest BCUT2D eigenvalue weighted by Gasteiger charge is -2.30. The van der Waals surface area contributed by atoms with E-state index in [0.29, 0.717) is 13.0 Å². The Morgan fingerprint density at radius 1 is 1.31 bits per heavy atom. The highest BCUT2D eigenvalue weighted by Gasteiger charge is 2.25. The maximum Gasteiger partial charge on any atom is 0.410 e. The Balaban J connectivity index is 1.93. The van der Waals surface area contributed by atoms with Gasteiger partial charge in [-0.25, -0.2) is 4.79 Å². The summed E-state index contributed by atoms with van der Waals surface area (Å²) in [5.41, 5.74) is 0.452. The van der Waals surface area contributed by atoms with Crippen LogP contribution in [0.15, 0.2) is 18.2 Å². The van der Waals surface area contributed by atoms with Crippen molar-refractivity contribution < 1.29 is 23.8 Å². The van der Waals surface area contributed by atoms with Crippen LogP contribution in [-0.4, -0.2) is 48.4 Å². The number of nitrogens with one attached hydrogen (secondary N) is 1. The van der Waals surface area contributed by atoms with E-state index in [1.165, 1.54) is 6.92 Å². The van der Waals surface area contributed by atoms with Gasteiger partial charge in [-0.2, -0.15) is 0 Å². The Bertz CT molecular complexity index is 659. The van der Waals surface area contributed by atoms with E-state index < -0.39 is 5.54 Å². The first-order valence-electron chi connectivity index (χ1n) is 8.82. The van der Waals surface area contributed by atoms with E-state index in [2.05, 4.69) is 5.32 Å². The summed E-state index contributed by atoms with van der Waals surface area (Å²) in [5, 5.41) is 2.76. The number of benzene rings is 1. The molecular weight excluding hydrogens is 336 g/mol. The zero-order valence-electron chi connectivity index (χ0n) is 16.1. The van der Waals surface area contributed by atoms with Crippen LogP contribution in [0.1, 0.15) is 40.2 Å². The van der Waals surface area contributed by atoms with Gasteiger partial charge in [0, 0.05) is 19.5 Å². The molecule has 0 aliphatic carbocycles. The van der Waals surface area contributed by atoms with E-state index in [9.17, 15) is 9.59 Å². The first-order valence-corrected chi connectivity index (χ1v) is 8.82. The molecule has 0 saturated carbocycles. The van der Waals surface area contributed by atoms with E-state index in [1.807, 2.05) is 45.9 Å². The maximum absolute atomic E-state index is 12.5. The minimum absolute atomic E-state index is 0.0447. The monoisotopic (exact) mass is 364 g/mol. The van der Waals surface area contributed by atoms with Crippen molar-refractivity contribution in [3.63, 3.8) is 0 Å². The van der Waals surface area contributed by atoms with Crippen molar-refractivity contribution in [2.75, 3.05) is 19.9 Å². The molecule has 0 fully saturated rings. The smallest absolute Gasteiger partial charge is 0.410 e. The summed E-state index contributed by atoms with van der Waals surface area (Å²) < 4.78 is 16.1. The number of fused-ring (bicyclic) bond motifs is 1. The number of ether oxygens (including phenoxy) is 3. The lowest BCUT2D eigenvalue weighted by atomic mass is 10.1. The highest BCUT2D eigenvalue weighted by Crippen LogP contribution is 2.33. The van der Waals surface area contributed by atoms with Gasteiger partial charge in [0.25, 0.3) is 0 Å². The van der Waals surface area contributed by atoms with Crippen LogP contribution >= 0.6 is 0 Å². The zero-order chi connectivity index (χ0) is 19.3. The second-order valence-electron chi connectivity index (χ2n) is 7.15. The molecule has 1 unspecified atom stereocenters. The van der Waals surface area contributed by atoms with Gasteiger partial charge in [0.1, 0.15) is 6.61 Å². The average Bonchev–Trinajstić information content (AvgIpc) is 3.00. The van der Waals surface area contributed by atoms with Crippen molar-refractivity contribution in [2.24, 2.45) is 0 Å². The summed E-state index contributed by atoms with van der Waals surface area (Å²) in [6, 6.07) is 5.76. The van der Waals surface area contributed by atoms with Crippen molar-refractivity contribution in [2.45, 2.75) is 52.6 Å². The lowest BCUT2D eigenvalue weighted by Crippen LogP contribution is -2.48. The molecule has 2 rings (SSSR count). The van der Waals surface area contributed by atoms with Gasteiger partial charge >= 0.3 is 6.09 Å². The quantitative estimate of drug-likeness (QED) is 0.805. The fourth-order valence-electron chi connectivity index (χ4n) is 2.98. The Labute approximate surface area is 154 Å². The van der Waals surface area contributed by atoms with E-state index in [0.717, 1.165) is 17.1 Å². The molecule has 0 radical (unpaired) electrons. The third-order valence-electron chi connectivity index (χ3n) is 4.15. The fraction of sp³-hybridized carbons (Fsp3) is 0.579. The summed E-state index contributed by atoms with van der Waals surface area (Å²) in [6.07, 6.45) is 0.286. The second-order valence-corrected chi connectivity index (χ2v) is 7.15. The van der Waals surface area contributed by atoms with Crippen LogP contribution in [0.25, 0.3) is 0 Å². The third kappa shape index (κ3) is 5.28. The van der Waals surface area contributed by atoms with Crippen LogP contribution in [0.2, 0.25) is 0 Å². The number of hydrogen-bond donors (Lipinski definition) is 1. The SMILES string of the molecule is CCN(C(=O)OCC(C)(C)NC(C)=O)C(C)Cc1ccc2c(c1)OCO2. The largest absolute Gasteiger partial charge is 0.454 e. The van der Waals surface area contributed by atoms with E-state index in [1.54, 1.807) is 4.90 Å². The van der Waals surface area contributed by atoms with Gasteiger partial charge < -0.3 is 24.4 Å². The molecule has 1 aliphatic rings. The predicted octanol–water partition coefficient (Wildman–Crippen LogP) is 2.72. The van der Waals surface area contributed by atoms with Crippen molar-refractivity contribution in [3.8, 4) is 11.5 Å². The van der Waals surface area contributed by atoms with Crippen molar-refractivity contribution in [1.82, 2.24) is 10.2 Å². The number of carbonyl (C=O) groups is 2. The molecule has 1 heterocycles. The molecule has 144 valence electrons. The van der Waals surface area contributed by atoms with Gasteiger partial charge in [0.05, 0.1) is 5.54 Å². The van der Waals surface area contributed by atoms with Crippen LogP contribution < -0.4 is 14.8 Å². The third-order valence-corrected chi connectivity index (χ3v) is 4.15. The summed E-state index contributed by atoms with van der Waals surface area (Å²) in [7, 11) is 0. The molecule has 0 spiro atoms. The lowest BCUT2D eigenvalue weighted by molar-refractivity contribution is -0.121. The number of carbonyl (C=O) groups excluding carboxylic acids is 2. The van der Waals surface area contributed by atoms with Gasteiger partial charge in [-0.05, 0) is 51.8 Å². The van der Waals surface area contributed by atoms with Crippen LogP contribution in [0.5, 0.6) is 11.5 Å². The molecule has 2 amide bonds. The Morgan fingerprint density at radius 3 is 2.65 bits per heavy atom. The Morgan fingerprint density at radius 2 is 2.00 bits per heavy atom. The summed E-state index contributed by atoms with van der Waals surface area (Å²) in [6.45, 7) is 9.84.